The topological polar surface area (TPSA) is 95.5 Å². The second-order valence-corrected chi connectivity index (χ2v) is 6.92. The zero-order valence-corrected chi connectivity index (χ0v) is 15.1. The van der Waals surface area contributed by atoms with Crippen LogP contribution >= 0.6 is 0 Å². The van der Waals surface area contributed by atoms with E-state index in [1.165, 1.54) is 18.6 Å². The van der Waals surface area contributed by atoms with Crippen molar-refractivity contribution in [3.05, 3.63) is 24.3 Å². The predicted octanol–water partition coefficient (Wildman–Crippen LogP) is 0.456. The van der Waals surface area contributed by atoms with Crippen LogP contribution in [0.3, 0.4) is 0 Å². The number of carbonyl (C=O) groups excluding carboxylic acids is 3. The van der Waals surface area contributed by atoms with Crippen LogP contribution < -0.4 is 5.32 Å². The lowest BCUT2D eigenvalue weighted by molar-refractivity contribution is -0.138. The Hall–Kier alpha value is -2.51. The van der Waals surface area contributed by atoms with Gasteiger partial charge in [0.2, 0.25) is 11.8 Å². The Bertz CT molecular complexity index is 652. The van der Waals surface area contributed by atoms with E-state index in [1.807, 2.05) is 0 Å². The third-order valence-corrected chi connectivity index (χ3v) is 5.12. The van der Waals surface area contributed by atoms with Gasteiger partial charge in [-0.2, -0.15) is 0 Å². The molecule has 26 heavy (non-hydrogen) atoms. The highest BCUT2D eigenvalue weighted by atomic mass is 16.2. The lowest BCUT2D eigenvalue weighted by Crippen LogP contribution is -2.55. The first-order chi connectivity index (χ1) is 12.6. The van der Waals surface area contributed by atoms with E-state index in [1.54, 1.807) is 16.7 Å². The molecule has 1 aliphatic carbocycles. The largest absolute Gasteiger partial charge is 0.344 e. The quantitative estimate of drug-likeness (QED) is 0.842. The summed E-state index contributed by atoms with van der Waals surface area (Å²) in [4.78, 5) is 48.5. The number of amides is 3. The van der Waals surface area contributed by atoms with Crippen LogP contribution in [-0.2, 0) is 9.59 Å². The fourth-order valence-corrected chi connectivity index (χ4v) is 3.56. The summed E-state index contributed by atoms with van der Waals surface area (Å²) in [5.74, 6) is -0.234. The van der Waals surface area contributed by atoms with E-state index in [0.29, 0.717) is 31.9 Å². The maximum Gasteiger partial charge on any atom is 0.274 e. The van der Waals surface area contributed by atoms with Crippen molar-refractivity contribution in [2.24, 2.45) is 5.92 Å². The Kier molecular flexibility index (Phi) is 5.80. The molecule has 3 rings (SSSR count). The summed E-state index contributed by atoms with van der Waals surface area (Å²) >= 11 is 0. The van der Waals surface area contributed by atoms with Gasteiger partial charge < -0.3 is 15.1 Å². The molecule has 1 unspecified atom stereocenters. The van der Waals surface area contributed by atoms with E-state index < -0.39 is 6.04 Å². The van der Waals surface area contributed by atoms with Gasteiger partial charge in [-0.3, -0.25) is 19.4 Å². The summed E-state index contributed by atoms with van der Waals surface area (Å²) in [5.41, 5.74) is 0.310. The second-order valence-electron chi connectivity index (χ2n) is 6.92. The first-order valence-electron chi connectivity index (χ1n) is 9.20. The molecule has 0 spiro atoms. The molecule has 8 heteroatoms. The molecule has 1 aromatic rings. The Morgan fingerprint density at radius 1 is 1.08 bits per heavy atom. The van der Waals surface area contributed by atoms with Crippen LogP contribution in [0.5, 0.6) is 0 Å². The van der Waals surface area contributed by atoms with E-state index in [-0.39, 0.29) is 23.6 Å². The van der Waals surface area contributed by atoms with Crippen molar-refractivity contribution in [1.29, 1.82) is 0 Å². The minimum atomic E-state index is -0.537. The molecule has 140 valence electrons. The van der Waals surface area contributed by atoms with Crippen molar-refractivity contribution in [3.63, 3.8) is 0 Å². The van der Waals surface area contributed by atoms with Crippen LogP contribution in [0.4, 0.5) is 0 Å². The summed E-state index contributed by atoms with van der Waals surface area (Å²) in [7, 11) is 0. The molecule has 1 aliphatic heterocycles. The van der Waals surface area contributed by atoms with Crippen LogP contribution in [0.25, 0.3) is 0 Å². The van der Waals surface area contributed by atoms with Crippen molar-refractivity contribution in [1.82, 2.24) is 25.1 Å². The van der Waals surface area contributed by atoms with Gasteiger partial charge in [0.1, 0.15) is 11.7 Å². The van der Waals surface area contributed by atoms with E-state index in [4.69, 9.17) is 0 Å². The SMILES string of the molecule is CC(NC(=O)C1CCCC1)C(=O)N1CCN(C(=O)c2cnccn2)CC1. The van der Waals surface area contributed by atoms with Gasteiger partial charge in [0.25, 0.3) is 5.91 Å². The van der Waals surface area contributed by atoms with E-state index in [0.717, 1.165) is 25.7 Å². The molecule has 1 aromatic heterocycles. The zero-order valence-electron chi connectivity index (χ0n) is 15.1. The van der Waals surface area contributed by atoms with Gasteiger partial charge in [-0.05, 0) is 19.8 Å². The molecule has 1 saturated heterocycles. The number of rotatable bonds is 4. The number of nitrogens with zero attached hydrogens (tertiary/aromatic N) is 4. The van der Waals surface area contributed by atoms with Crippen LogP contribution in [0, 0.1) is 5.92 Å². The summed E-state index contributed by atoms with van der Waals surface area (Å²) in [5, 5.41) is 2.85. The van der Waals surface area contributed by atoms with Crippen molar-refractivity contribution >= 4 is 17.7 Å². The third kappa shape index (κ3) is 4.17. The normalized spacial score (nSPS) is 19.3. The number of hydrogen-bond acceptors (Lipinski definition) is 5. The van der Waals surface area contributed by atoms with Crippen LogP contribution in [0.15, 0.2) is 18.6 Å². The van der Waals surface area contributed by atoms with Crippen LogP contribution in [0.2, 0.25) is 0 Å². The maximum atomic E-state index is 12.6. The Morgan fingerprint density at radius 3 is 2.35 bits per heavy atom. The maximum absolute atomic E-state index is 12.6. The molecule has 0 radical (unpaired) electrons. The zero-order chi connectivity index (χ0) is 18.5. The van der Waals surface area contributed by atoms with Gasteiger partial charge in [0.05, 0.1) is 6.20 Å². The molecule has 1 atom stereocenters. The fourth-order valence-electron chi connectivity index (χ4n) is 3.56. The van der Waals surface area contributed by atoms with Gasteiger partial charge in [0.15, 0.2) is 0 Å². The first-order valence-corrected chi connectivity index (χ1v) is 9.20. The lowest BCUT2D eigenvalue weighted by atomic mass is 10.1. The minimum absolute atomic E-state index is 0.0141. The summed E-state index contributed by atoms with van der Waals surface area (Å²) in [6.07, 6.45) is 8.45. The molecular weight excluding hydrogens is 334 g/mol. The smallest absolute Gasteiger partial charge is 0.274 e. The van der Waals surface area contributed by atoms with E-state index >= 15 is 0 Å². The van der Waals surface area contributed by atoms with Gasteiger partial charge in [-0.1, -0.05) is 12.8 Å². The van der Waals surface area contributed by atoms with E-state index in [9.17, 15) is 14.4 Å². The molecule has 0 aromatic carbocycles. The third-order valence-electron chi connectivity index (χ3n) is 5.12. The van der Waals surface area contributed by atoms with Crippen molar-refractivity contribution in [2.75, 3.05) is 26.2 Å². The van der Waals surface area contributed by atoms with Gasteiger partial charge in [-0.25, -0.2) is 4.98 Å². The highest BCUT2D eigenvalue weighted by molar-refractivity contribution is 5.92. The van der Waals surface area contributed by atoms with Crippen LogP contribution in [-0.4, -0.2) is 69.7 Å². The van der Waals surface area contributed by atoms with Gasteiger partial charge in [-0.15, -0.1) is 0 Å². The van der Waals surface area contributed by atoms with E-state index in [2.05, 4.69) is 15.3 Å². The minimum Gasteiger partial charge on any atom is -0.344 e. The molecule has 2 heterocycles. The second kappa shape index (κ2) is 8.25. The Labute approximate surface area is 153 Å². The molecule has 8 nitrogen and oxygen atoms in total. The predicted molar refractivity (Wildman–Crippen MR) is 94.1 cm³/mol. The highest BCUT2D eigenvalue weighted by Crippen LogP contribution is 2.24. The Morgan fingerprint density at radius 2 is 1.73 bits per heavy atom. The molecule has 3 amide bonds. The van der Waals surface area contributed by atoms with Gasteiger partial charge in [0, 0.05) is 44.5 Å². The summed E-state index contributed by atoms with van der Waals surface area (Å²) in [6, 6.07) is -0.537. The van der Waals surface area contributed by atoms with Crippen LogP contribution in [0.1, 0.15) is 43.1 Å². The monoisotopic (exact) mass is 359 g/mol. The lowest BCUT2D eigenvalue weighted by Gasteiger charge is -2.36. The molecule has 2 fully saturated rings. The summed E-state index contributed by atoms with van der Waals surface area (Å²) in [6.45, 7) is 3.53. The standard InChI is InChI=1S/C18H25N5O3/c1-13(21-16(24)14-4-2-3-5-14)17(25)22-8-10-23(11-9-22)18(26)15-12-19-6-7-20-15/h6-7,12-14H,2-5,8-11H2,1H3,(H,21,24). The molecule has 0 bridgehead atoms. The average molecular weight is 359 g/mol. The molecule has 2 aliphatic rings. The number of aromatic nitrogens is 2. The number of hydrogen-bond donors (Lipinski definition) is 1. The average Bonchev–Trinajstić information content (AvgIpc) is 3.22. The number of piperazine rings is 1. The molecule has 1 N–H and O–H groups in total. The number of carbonyl (C=O) groups is 3. The molecule has 1 saturated carbocycles. The number of nitrogens with one attached hydrogen (secondary N) is 1. The Balaban J connectivity index is 1.48. The highest BCUT2D eigenvalue weighted by Gasteiger charge is 2.30. The van der Waals surface area contributed by atoms with Crippen molar-refractivity contribution in [2.45, 2.75) is 38.6 Å². The molecular formula is C18H25N5O3. The first kappa shape index (κ1) is 18.3. The summed E-state index contributed by atoms with van der Waals surface area (Å²) < 4.78 is 0. The fraction of sp³-hybridized carbons (Fsp3) is 0.611. The van der Waals surface area contributed by atoms with Crippen molar-refractivity contribution < 1.29 is 14.4 Å². The van der Waals surface area contributed by atoms with Crippen molar-refractivity contribution in [3.8, 4) is 0 Å². The van der Waals surface area contributed by atoms with Gasteiger partial charge >= 0.3 is 0 Å².